The van der Waals surface area contributed by atoms with Crippen molar-refractivity contribution in [1.82, 2.24) is 30.7 Å². The van der Waals surface area contributed by atoms with Crippen LogP contribution in [0.1, 0.15) is 70.2 Å². The average molecular weight is 1070 g/mol. The van der Waals surface area contributed by atoms with Crippen LogP contribution in [0.15, 0.2) is 163 Å². The lowest BCUT2D eigenvalue weighted by atomic mass is 9.93. The van der Waals surface area contributed by atoms with Crippen LogP contribution in [0.25, 0.3) is 0 Å². The molecule has 408 valence electrons. The van der Waals surface area contributed by atoms with Gasteiger partial charge in [0.05, 0.1) is 22.9 Å². The van der Waals surface area contributed by atoms with Gasteiger partial charge in [0.25, 0.3) is 0 Å². The summed E-state index contributed by atoms with van der Waals surface area (Å²) < 4.78 is 75.7. The van der Waals surface area contributed by atoms with Crippen molar-refractivity contribution in [2.24, 2.45) is 4.99 Å². The Kier molecular flexibility index (Phi) is 19.3. The van der Waals surface area contributed by atoms with Crippen LogP contribution in [-0.4, -0.2) is 89.0 Å². The minimum Gasteiger partial charge on any atom is -0.352 e. The van der Waals surface area contributed by atoms with Crippen LogP contribution in [0.2, 0.25) is 0 Å². The molecule has 10 rings (SSSR count). The predicted octanol–water partition coefficient (Wildman–Crippen LogP) is 10.6. The van der Waals surface area contributed by atoms with E-state index in [0.717, 1.165) is 113 Å². The second-order valence-electron chi connectivity index (χ2n) is 19.9. The summed E-state index contributed by atoms with van der Waals surface area (Å²) in [6, 6.07) is 44.3. The number of rotatable bonds is 10. The number of piperidine rings is 2. The summed E-state index contributed by atoms with van der Waals surface area (Å²) in [6.45, 7) is 6.63. The third-order valence-electron chi connectivity index (χ3n) is 14.4. The van der Waals surface area contributed by atoms with Gasteiger partial charge >= 0.3 is 18.4 Å². The molecular weight excluding hydrogens is 1010 g/mol. The molecule has 2 atom stereocenters. The molecule has 4 amide bonds. The Bertz CT molecular complexity index is 2990. The molecule has 6 aromatic rings. The van der Waals surface area contributed by atoms with E-state index in [9.17, 15) is 45.5 Å². The molecular formula is C60H62F6N8O4. The molecule has 0 aliphatic carbocycles. The minimum atomic E-state index is -4.52. The van der Waals surface area contributed by atoms with Gasteiger partial charge in [-0.25, -0.2) is 9.59 Å². The number of nitrogens with one attached hydrogen (secondary N) is 4. The lowest BCUT2D eigenvalue weighted by molar-refractivity contribution is -0.138. The summed E-state index contributed by atoms with van der Waals surface area (Å²) in [5, 5.41) is 12.4. The van der Waals surface area contributed by atoms with Crippen LogP contribution in [-0.2, 0) is 65.8 Å². The van der Waals surface area contributed by atoms with Gasteiger partial charge in [-0.05, 0) is 102 Å². The predicted molar refractivity (Wildman–Crippen MR) is 286 cm³/mol. The molecule has 0 unspecified atom stereocenters. The maximum absolute atomic E-state index is 13.5. The number of benzene rings is 6. The summed E-state index contributed by atoms with van der Waals surface area (Å²) in [7, 11) is 0. The van der Waals surface area contributed by atoms with Crippen LogP contribution in [0, 0.1) is 0 Å². The highest BCUT2D eigenvalue weighted by molar-refractivity contribution is 5.94. The number of anilines is 1. The summed E-state index contributed by atoms with van der Waals surface area (Å²) >= 11 is 0. The third kappa shape index (κ3) is 16.2. The minimum absolute atomic E-state index is 0.00456. The SMILES string of the molecule is O=C(NC1CCN(Cc2ccccc2)CC1)[C@@H]1Cc2ccccc2CN1.O=C(NC1CCN(Cc2ccccc2)CC1)[C@@H]1Cc2ccccc2CN1C(=O)Nc1cccc(C(F)(F)F)c1.O=C=Nc1cccc(C(F)(F)F)c1. The van der Waals surface area contributed by atoms with E-state index in [1.54, 1.807) is 0 Å². The van der Waals surface area contributed by atoms with E-state index in [1.807, 2.05) is 42.5 Å². The number of alkyl halides is 6. The molecule has 0 radical (unpaired) electrons. The first-order valence-electron chi connectivity index (χ1n) is 26.1. The Morgan fingerprint density at radius 3 is 1.60 bits per heavy atom. The van der Waals surface area contributed by atoms with E-state index in [2.05, 4.69) is 103 Å². The Labute approximate surface area is 449 Å². The second-order valence-corrected chi connectivity index (χ2v) is 19.9. The molecule has 0 spiro atoms. The molecule has 6 aromatic carbocycles. The molecule has 2 saturated heterocycles. The summed E-state index contributed by atoms with van der Waals surface area (Å²) in [6.07, 6.45) is -2.97. The fourth-order valence-corrected chi connectivity index (χ4v) is 10.1. The van der Waals surface area contributed by atoms with Crippen molar-refractivity contribution in [3.8, 4) is 0 Å². The number of nitrogens with zero attached hydrogens (tertiary/aromatic N) is 4. The first-order chi connectivity index (χ1) is 37.6. The van der Waals surface area contributed by atoms with E-state index in [1.165, 1.54) is 57.5 Å². The van der Waals surface area contributed by atoms with E-state index < -0.39 is 35.6 Å². The highest BCUT2D eigenvalue weighted by atomic mass is 19.4. The van der Waals surface area contributed by atoms with Crippen molar-refractivity contribution >= 4 is 35.3 Å². The summed E-state index contributed by atoms with van der Waals surface area (Å²) in [4.78, 5) is 58.6. The van der Waals surface area contributed by atoms with Crippen molar-refractivity contribution < 1.29 is 45.5 Å². The van der Waals surface area contributed by atoms with E-state index >= 15 is 0 Å². The van der Waals surface area contributed by atoms with E-state index in [0.29, 0.717) is 12.5 Å². The first kappa shape index (κ1) is 56.6. The number of fused-ring (bicyclic) bond motifs is 2. The summed E-state index contributed by atoms with van der Waals surface area (Å²) in [5.74, 6) is -0.0915. The molecule has 2 fully saturated rings. The normalized spacial score (nSPS) is 18.0. The Hall–Kier alpha value is -7.63. The van der Waals surface area contributed by atoms with Gasteiger partial charge < -0.3 is 26.2 Å². The molecule has 4 N–H and O–H groups in total. The Morgan fingerprint density at radius 2 is 1.05 bits per heavy atom. The quantitative estimate of drug-likeness (QED) is 0.0609. The Balaban J connectivity index is 0.000000176. The van der Waals surface area contributed by atoms with E-state index in [-0.39, 0.29) is 41.8 Å². The Morgan fingerprint density at radius 1 is 0.564 bits per heavy atom. The van der Waals surface area contributed by atoms with Gasteiger partial charge in [-0.3, -0.25) is 19.4 Å². The van der Waals surface area contributed by atoms with Crippen LogP contribution in [0.5, 0.6) is 0 Å². The zero-order valence-corrected chi connectivity index (χ0v) is 42.9. The molecule has 0 saturated carbocycles. The summed E-state index contributed by atoms with van der Waals surface area (Å²) in [5.41, 5.74) is 5.41. The van der Waals surface area contributed by atoms with Gasteiger partial charge in [-0.15, -0.1) is 0 Å². The highest BCUT2D eigenvalue weighted by Crippen LogP contribution is 2.33. The van der Waals surface area contributed by atoms with Gasteiger partial charge in [0.15, 0.2) is 0 Å². The van der Waals surface area contributed by atoms with Crippen LogP contribution in [0.4, 0.5) is 42.5 Å². The number of aliphatic imine (C=N–C) groups is 1. The topological polar surface area (TPSA) is 138 Å². The number of halogens is 6. The fourth-order valence-electron chi connectivity index (χ4n) is 10.1. The molecule has 12 nitrogen and oxygen atoms in total. The van der Waals surface area contributed by atoms with Crippen LogP contribution >= 0.6 is 0 Å². The van der Waals surface area contributed by atoms with Crippen molar-refractivity contribution in [3.05, 3.63) is 202 Å². The smallest absolute Gasteiger partial charge is 0.352 e. The maximum atomic E-state index is 13.5. The number of amides is 4. The van der Waals surface area contributed by atoms with Gasteiger partial charge in [-0.1, -0.05) is 121 Å². The standard InChI is InChI=1S/C30H31F3N4O2.C22H27N3O.C8H4F3NO/c31-30(32,33)24-11-6-12-26(18-24)35-29(39)37-20-23-10-5-4-9-22(23)17-27(37)28(38)34-25-13-15-36(16-14-25)19-21-7-2-1-3-8-21;26-22(21-14-18-8-4-5-9-19(18)15-23-21)24-20-10-12-25(13-11-20)16-17-6-2-1-3-7-17;9-8(10,11)6-2-1-3-7(4-6)12-5-13/h1-12,18,25,27H,13-17,19-20H2,(H,34,38)(H,35,39);1-9,20-21,23H,10-16H2,(H,24,26);1-4H/t27-;21-;/m00./s1. The number of hydrogen-bond donors (Lipinski definition) is 4. The monoisotopic (exact) mass is 1070 g/mol. The van der Waals surface area contributed by atoms with Crippen molar-refractivity contribution in [1.29, 1.82) is 0 Å². The zero-order valence-electron chi connectivity index (χ0n) is 42.9. The average Bonchev–Trinajstić information content (AvgIpc) is 3.45. The number of carbonyl (C=O) groups excluding carboxylic acids is 4. The molecule has 4 aliphatic rings. The lowest BCUT2D eigenvalue weighted by Gasteiger charge is -2.38. The molecule has 4 heterocycles. The van der Waals surface area contributed by atoms with Crippen LogP contribution in [0.3, 0.4) is 0 Å². The second kappa shape index (κ2) is 26.6. The van der Waals surface area contributed by atoms with Gasteiger partial charge in [0.1, 0.15) is 6.04 Å². The number of likely N-dealkylation sites (tertiary alicyclic amines) is 2. The molecule has 0 aromatic heterocycles. The molecule has 4 aliphatic heterocycles. The molecule has 18 heteroatoms. The number of isocyanates is 1. The lowest BCUT2D eigenvalue weighted by Crippen LogP contribution is -2.56. The number of urea groups is 1. The number of carbonyl (C=O) groups is 3. The van der Waals surface area contributed by atoms with Crippen molar-refractivity contribution in [3.63, 3.8) is 0 Å². The van der Waals surface area contributed by atoms with Crippen molar-refractivity contribution in [2.75, 3.05) is 31.5 Å². The number of hydrogen-bond acceptors (Lipinski definition) is 8. The molecule has 78 heavy (non-hydrogen) atoms. The van der Waals surface area contributed by atoms with E-state index in [4.69, 9.17) is 0 Å². The van der Waals surface area contributed by atoms with Crippen LogP contribution < -0.4 is 21.3 Å². The van der Waals surface area contributed by atoms with Gasteiger partial charge in [0.2, 0.25) is 17.9 Å². The fraction of sp³-hybridized carbons (Fsp3) is 0.333. The van der Waals surface area contributed by atoms with Gasteiger partial charge in [0, 0.05) is 76.5 Å². The molecule has 0 bridgehead atoms. The largest absolute Gasteiger partial charge is 0.416 e. The van der Waals surface area contributed by atoms with Crippen molar-refractivity contribution in [2.45, 2.75) is 101 Å². The highest BCUT2D eigenvalue weighted by Gasteiger charge is 2.37. The first-order valence-corrected chi connectivity index (χ1v) is 26.1. The zero-order chi connectivity index (χ0) is 55.1. The van der Waals surface area contributed by atoms with Gasteiger partial charge in [-0.2, -0.15) is 31.3 Å². The maximum Gasteiger partial charge on any atom is 0.416 e. The third-order valence-corrected chi connectivity index (χ3v) is 14.4.